The molecular formula is C16H12N2O5. The third-order valence-electron chi connectivity index (χ3n) is 3.43. The largest absolute Gasteiger partial charge is 0.453 e. The van der Waals surface area contributed by atoms with Crippen LogP contribution in [-0.4, -0.2) is 24.4 Å². The van der Waals surface area contributed by atoms with Crippen molar-refractivity contribution in [2.24, 2.45) is 0 Å². The Bertz CT molecular complexity index is 726. The molecule has 0 fully saturated rings. The highest BCUT2D eigenvalue weighted by Crippen LogP contribution is 2.32. The Morgan fingerprint density at radius 1 is 0.739 bits per heavy atom. The number of carbonyl (C=O) groups excluding carboxylic acids is 2. The molecule has 116 valence electrons. The van der Waals surface area contributed by atoms with E-state index in [9.17, 15) is 9.59 Å². The summed E-state index contributed by atoms with van der Waals surface area (Å²) in [6.45, 7) is 0. The number of fused-ring (bicyclic) bond motifs is 2. The summed E-state index contributed by atoms with van der Waals surface area (Å²) in [7, 11) is 0. The normalized spacial score (nSPS) is 21.9. The van der Waals surface area contributed by atoms with Crippen molar-refractivity contribution in [3.63, 3.8) is 0 Å². The van der Waals surface area contributed by atoms with Crippen LogP contribution < -0.4 is 20.1 Å². The van der Waals surface area contributed by atoms with Gasteiger partial charge < -0.3 is 20.1 Å². The van der Waals surface area contributed by atoms with E-state index in [0.29, 0.717) is 22.9 Å². The minimum absolute atomic E-state index is 0.466. The number of ether oxygens (including phenoxy) is 3. The number of hydrogen-bond donors (Lipinski definition) is 2. The molecule has 2 aliphatic rings. The van der Waals surface area contributed by atoms with Crippen LogP contribution in [0.4, 0.5) is 11.4 Å². The molecule has 2 heterocycles. The molecule has 2 unspecified atom stereocenters. The lowest BCUT2D eigenvalue weighted by atomic mass is 10.2. The first kappa shape index (κ1) is 13.6. The first-order valence-corrected chi connectivity index (χ1v) is 6.99. The van der Waals surface area contributed by atoms with Gasteiger partial charge in [-0.3, -0.25) is 14.3 Å². The maximum Gasteiger partial charge on any atom is 0.294 e. The molecule has 7 heteroatoms. The molecule has 0 spiro atoms. The van der Waals surface area contributed by atoms with Gasteiger partial charge in [0.25, 0.3) is 24.4 Å². The summed E-state index contributed by atoms with van der Waals surface area (Å²) in [5.41, 5.74) is 1.11. The minimum atomic E-state index is -1.27. The van der Waals surface area contributed by atoms with Gasteiger partial charge in [0.15, 0.2) is 0 Å². The highest BCUT2D eigenvalue weighted by Gasteiger charge is 2.36. The number of anilines is 2. The summed E-state index contributed by atoms with van der Waals surface area (Å²) in [6, 6.07) is 13.9. The zero-order chi connectivity index (χ0) is 15.8. The van der Waals surface area contributed by atoms with Crippen molar-refractivity contribution >= 4 is 23.2 Å². The fourth-order valence-corrected chi connectivity index (χ4v) is 2.36. The van der Waals surface area contributed by atoms with Crippen LogP contribution in [0.25, 0.3) is 0 Å². The van der Waals surface area contributed by atoms with E-state index in [4.69, 9.17) is 14.2 Å². The summed E-state index contributed by atoms with van der Waals surface area (Å²) in [5.74, 6) is -0.0691. The fourth-order valence-electron chi connectivity index (χ4n) is 2.36. The second-order valence-corrected chi connectivity index (χ2v) is 5.01. The molecule has 0 bridgehead atoms. The molecule has 2 N–H and O–H groups in total. The van der Waals surface area contributed by atoms with Crippen LogP contribution in [0.1, 0.15) is 0 Å². The van der Waals surface area contributed by atoms with Crippen LogP contribution in [0.15, 0.2) is 48.5 Å². The van der Waals surface area contributed by atoms with Gasteiger partial charge in [0.1, 0.15) is 11.5 Å². The Morgan fingerprint density at radius 2 is 1.17 bits per heavy atom. The topological polar surface area (TPSA) is 85.9 Å². The lowest BCUT2D eigenvalue weighted by Gasteiger charge is -2.30. The van der Waals surface area contributed by atoms with E-state index in [2.05, 4.69) is 10.6 Å². The Labute approximate surface area is 131 Å². The Balaban J connectivity index is 1.53. The third-order valence-corrected chi connectivity index (χ3v) is 3.43. The first-order chi connectivity index (χ1) is 11.2. The van der Waals surface area contributed by atoms with E-state index < -0.39 is 24.4 Å². The minimum Gasteiger partial charge on any atom is -0.453 e. The molecule has 0 radical (unpaired) electrons. The summed E-state index contributed by atoms with van der Waals surface area (Å²) in [5, 5.41) is 5.31. The summed E-state index contributed by atoms with van der Waals surface area (Å²) in [6.07, 6.45) is -2.54. The van der Waals surface area contributed by atoms with Gasteiger partial charge in [-0.15, -0.1) is 0 Å². The summed E-state index contributed by atoms with van der Waals surface area (Å²) in [4.78, 5) is 24.1. The van der Waals surface area contributed by atoms with Gasteiger partial charge in [0.2, 0.25) is 0 Å². The second kappa shape index (κ2) is 5.29. The molecule has 0 aromatic heterocycles. The average molecular weight is 312 g/mol. The third kappa shape index (κ3) is 2.47. The molecule has 2 aliphatic heterocycles. The molecule has 2 aromatic rings. The van der Waals surface area contributed by atoms with Crippen LogP contribution in [0.2, 0.25) is 0 Å². The molecule has 0 saturated heterocycles. The zero-order valence-electron chi connectivity index (χ0n) is 11.8. The van der Waals surface area contributed by atoms with Crippen LogP contribution in [0, 0.1) is 0 Å². The van der Waals surface area contributed by atoms with E-state index in [1.807, 2.05) is 0 Å². The summed E-state index contributed by atoms with van der Waals surface area (Å²) < 4.78 is 16.4. The highest BCUT2D eigenvalue weighted by atomic mass is 16.8. The predicted molar refractivity (Wildman–Crippen MR) is 80.1 cm³/mol. The van der Waals surface area contributed by atoms with Crippen LogP contribution in [-0.2, 0) is 14.3 Å². The van der Waals surface area contributed by atoms with E-state index in [1.54, 1.807) is 48.5 Å². The van der Waals surface area contributed by atoms with E-state index >= 15 is 0 Å². The van der Waals surface area contributed by atoms with Crippen molar-refractivity contribution in [1.29, 1.82) is 0 Å². The van der Waals surface area contributed by atoms with Crippen molar-refractivity contribution in [3.05, 3.63) is 48.5 Å². The average Bonchev–Trinajstić information content (AvgIpc) is 2.56. The molecule has 4 rings (SSSR count). The number of benzene rings is 2. The molecule has 23 heavy (non-hydrogen) atoms. The molecule has 0 saturated carbocycles. The van der Waals surface area contributed by atoms with Gasteiger partial charge in [-0.05, 0) is 24.3 Å². The highest BCUT2D eigenvalue weighted by molar-refractivity contribution is 5.99. The number of rotatable bonds is 2. The van der Waals surface area contributed by atoms with Crippen molar-refractivity contribution < 1.29 is 23.8 Å². The lowest BCUT2D eigenvalue weighted by Crippen LogP contribution is -2.47. The number of carbonyl (C=O) groups is 2. The predicted octanol–water partition coefficient (Wildman–Crippen LogP) is 1.72. The van der Waals surface area contributed by atoms with E-state index in [0.717, 1.165) is 0 Å². The summed E-state index contributed by atoms with van der Waals surface area (Å²) >= 11 is 0. The molecular weight excluding hydrogens is 300 g/mol. The number of para-hydroxylation sites is 4. The SMILES string of the molecule is O=C1Nc2ccccc2OC1OC1Oc2ccccc2NC1=O. The van der Waals surface area contributed by atoms with Crippen molar-refractivity contribution in [2.45, 2.75) is 12.6 Å². The van der Waals surface area contributed by atoms with Gasteiger partial charge in [-0.2, -0.15) is 0 Å². The Hall–Kier alpha value is -3.06. The van der Waals surface area contributed by atoms with Gasteiger partial charge >= 0.3 is 0 Å². The smallest absolute Gasteiger partial charge is 0.294 e. The van der Waals surface area contributed by atoms with Gasteiger partial charge in [0, 0.05) is 0 Å². The maximum absolute atomic E-state index is 12.0. The molecule has 2 aromatic carbocycles. The monoisotopic (exact) mass is 312 g/mol. The van der Waals surface area contributed by atoms with Gasteiger partial charge in [0.05, 0.1) is 11.4 Å². The fraction of sp³-hybridized carbons (Fsp3) is 0.125. The van der Waals surface area contributed by atoms with Crippen molar-refractivity contribution in [1.82, 2.24) is 0 Å². The van der Waals surface area contributed by atoms with Crippen LogP contribution >= 0.6 is 0 Å². The number of hydrogen-bond acceptors (Lipinski definition) is 5. The standard InChI is InChI=1S/C16H12N2O5/c19-13-15(21-11-7-3-1-5-9(11)17-13)23-16-14(20)18-10-6-2-4-8-12(10)22-16/h1-8,15-16H,(H,17,19)(H,18,20). The Morgan fingerprint density at radius 3 is 1.65 bits per heavy atom. The van der Waals surface area contributed by atoms with E-state index in [1.165, 1.54) is 0 Å². The van der Waals surface area contributed by atoms with Gasteiger partial charge in [-0.25, -0.2) is 0 Å². The molecule has 7 nitrogen and oxygen atoms in total. The number of amides is 2. The second-order valence-electron chi connectivity index (χ2n) is 5.01. The van der Waals surface area contributed by atoms with E-state index in [-0.39, 0.29) is 0 Å². The van der Waals surface area contributed by atoms with Crippen molar-refractivity contribution in [3.8, 4) is 11.5 Å². The quantitative estimate of drug-likeness (QED) is 0.882. The molecule has 2 atom stereocenters. The van der Waals surface area contributed by atoms with Crippen LogP contribution in [0.3, 0.4) is 0 Å². The first-order valence-electron chi connectivity index (χ1n) is 6.99. The molecule has 2 amide bonds. The molecule has 0 aliphatic carbocycles. The zero-order valence-corrected chi connectivity index (χ0v) is 11.8. The van der Waals surface area contributed by atoms with Gasteiger partial charge in [-0.1, -0.05) is 24.3 Å². The number of nitrogens with one attached hydrogen (secondary N) is 2. The van der Waals surface area contributed by atoms with Crippen LogP contribution in [0.5, 0.6) is 11.5 Å². The lowest BCUT2D eigenvalue weighted by molar-refractivity contribution is -0.193. The van der Waals surface area contributed by atoms with Crippen molar-refractivity contribution in [2.75, 3.05) is 10.6 Å². The Kier molecular flexibility index (Phi) is 3.13. The maximum atomic E-state index is 12.0.